The predicted molar refractivity (Wildman–Crippen MR) is 80.9 cm³/mol. The van der Waals surface area contributed by atoms with Crippen molar-refractivity contribution >= 4 is 0 Å². The molecule has 2 heterocycles. The van der Waals surface area contributed by atoms with E-state index in [0.29, 0.717) is 22.7 Å². The van der Waals surface area contributed by atoms with E-state index in [9.17, 15) is 13.6 Å². The fraction of sp³-hybridized carbons (Fsp3) is 0.188. The summed E-state index contributed by atoms with van der Waals surface area (Å²) in [4.78, 5) is 11.9. The van der Waals surface area contributed by atoms with Crippen molar-refractivity contribution in [3.8, 4) is 17.0 Å². The molecule has 0 aliphatic heterocycles. The molecule has 0 unspecified atom stereocenters. The van der Waals surface area contributed by atoms with E-state index in [1.54, 1.807) is 31.2 Å². The number of rotatable bonds is 5. The molecule has 0 radical (unpaired) electrons. The van der Waals surface area contributed by atoms with Gasteiger partial charge in [-0.15, -0.1) is 0 Å². The van der Waals surface area contributed by atoms with Gasteiger partial charge in [0.25, 0.3) is 5.56 Å². The molecule has 6 nitrogen and oxygen atoms in total. The third kappa shape index (κ3) is 3.65. The van der Waals surface area contributed by atoms with Crippen molar-refractivity contribution < 1.29 is 18.0 Å². The van der Waals surface area contributed by atoms with Crippen LogP contribution in [-0.2, 0) is 6.54 Å². The number of aromatic nitrogens is 3. The molecule has 0 bridgehead atoms. The number of alkyl halides is 2. The summed E-state index contributed by atoms with van der Waals surface area (Å²) in [5, 5.41) is 8.03. The Balaban J connectivity index is 1.86. The van der Waals surface area contributed by atoms with E-state index in [1.165, 1.54) is 22.9 Å². The van der Waals surface area contributed by atoms with Crippen LogP contribution in [0.4, 0.5) is 8.78 Å². The first-order chi connectivity index (χ1) is 11.5. The van der Waals surface area contributed by atoms with E-state index in [2.05, 4.69) is 15.0 Å². The van der Waals surface area contributed by atoms with Crippen molar-refractivity contribution in [1.29, 1.82) is 0 Å². The van der Waals surface area contributed by atoms with Crippen LogP contribution in [0.1, 0.15) is 11.5 Å². The molecule has 0 aliphatic carbocycles. The summed E-state index contributed by atoms with van der Waals surface area (Å²) in [7, 11) is 0. The average molecular weight is 333 g/mol. The second kappa shape index (κ2) is 6.61. The fourth-order valence-corrected chi connectivity index (χ4v) is 2.16. The molecule has 3 rings (SSSR count). The molecule has 0 saturated heterocycles. The smallest absolute Gasteiger partial charge is 0.387 e. The Morgan fingerprint density at radius 3 is 2.58 bits per heavy atom. The highest BCUT2D eigenvalue weighted by atomic mass is 19.3. The third-order valence-corrected chi connectivity index (χ3v) is 3.22. The average Bonchev–Trinajstić information content (AvgIpc) is 2.95. The second-order valence-corrected chi connectivity index (χ2v) is 5.05. The number of ether oxygens (including phenoxy) is 1. The highest BCUT2D eigenvalue weighted by molar-refractivity contribution is 5.59. The molecular formula is C16H13F2N3O3. The fourth-order valence-electron chi connectivity index (χ4n) is 2.16. The number of hydrogen-bond acceptors (Lipinski definition) is 5. The van der Waals surface area contributed by atoms with Crippen molar-refractivity contribution in [2.24, 2.45) is 0 Å². The number of halogens is 2. The van der Waals surface area contributed by atoms with E-state index in [1.807, 2.05) is 0 Å². The summed E-state index contributed by atoms with van der Waals surface area (Å²) in [5.74, 6) is 0.569. The van der Waals surface area contributed by atoms with Crippen LogP contribution in [0.3, 0.4) is 0 Å². The Morgan fingerprint density at radius 1 is 1.21 bits per heavy atom. The van der Waals surface area contributed by atoms with Crippen molar-refractivity contribution in [3.63, 3.8) is 0 Å². The van der Waals surface area contributed by atoms with Crippen LogP contribution in [0.15, 0.2) is 51.8 Å². The van der Waals surface area contributed by atoms with Gasteiger partial charge in [-0.1, -0.05) is 5.16 Å². The van der Waals surface area contributed by atoms with Crippen molar-refractivity contribution in [1.82, 2.24) is 14.9 Å². The number of benzene rings is 1. The zero-order valence-electron chi connectivity index (χ0n) is 12.6. The largest absolute Gasteiger partial charge is 0.435 e. The van der Waals surface area contributed by atoms with Crippen LogP contribution in [0.25, 0.3) is 11.3 Å². The van der Waals surface area contributed by atoms with Gasteiger partial charge >= 0.3 is 6.61 Å². The van der Waals surface area contributed by atoms with Gasteiger partial charge in [-0.2, -0.15) is 13.9 Å². The van der Waals surface area contributed by atoms with E-state index in [-0.39, 0.29) is 17.9 Å². The van der Waals surface area contributed by atoms with Crippen molar-refractivity contribution in [3.05, 3.63) is 64.3 Å². The summed E-state index contributed by atoms with van der Waals surface area (Å²) in [5.41, 5.74) is 1.61. The summed E-state index contributed by atoms with van der Waals surface area (Å²) in [6, 6.07) is 10.7. The highest BCUT2D eigenvalue weighted by Crippen LogP contribution is 2.21. The van der Waals surface area contributed by atoms with Gasteiger partial charge in [-0.25, -0.2) is 4.68 Å². The normalized spacial score (nSPS) is 11.0. The summed E-state index contributed by atoms with van der Waals surface area (Å²) >= 11 is 0. The standard InChI is InChI=1S/C16H13F2N3O3/c1-10-8-13(24-20-10)9-21-15(22)7-6-14(19-21)11-2-4-12(5-3-11)23-16(17)18/h2-8,16H,9H2,1H3. The molecule has 24 heavy (non-hydrogen) atoms. The van der Waals surface area contributed by atoms with Gasteiger partial charge in [-0.3, -0.25) is 4.79 Å². The Kier molecular flexibility index (Phi) is 4.37. The Bertz CT molecular complexity index is 888. The van der Waals surface area contributed by atoms with Crippen molar-refractivity contribution in [2.75, 3.05) is 0 Å². The third-order valence-electron chi connectivity index (χ3n) is 3.22. The lowest BCUT2D eigenvalue weighted by Gasteiger charge is -2.07. The highest BCUT2D eigenvalue weighted by Gasteiger charge is 2.08. The summed E-state index contributed by atoms with van der Waals surface area (Å²) in [6.45, 7) is -0.941. The van der Waals surface area contributed by atoms with E-state index in [4.69, 9.17) is 4.52 Å². The number of nitrogens with zero attached hydrogens (tertiary/aromatic N) is 3. The molecule has 0 aliphatic rings. The molecule has 0 atom stereocenters. The van der Waals surface area contributed by atoms with Gasteiger partial charge in [0.1, 0.15) is 12.3 Å². The van der Waals surface area contributed by atoms with E-state index >= 15 is 0 Å². The molecule has 0 fully saturated rings. The SMILES string of the molecule is Cc1cc(Cn2nc(-c3ccc(OC(F)F)cc3)ccc2=O)on1. The van der Waals surface area contributed by atoms with Crippen LogP contribution in [0.2, 0.25) is 0 Å². The Morgan fingerprint density at radius 2 is 1.96 bits per heavy atom. The topological polar surface area (TPSA) is 70.2 Å². The quantitative estimate of drug-likeness (QED) is 0.718. The molecule has 0 amide bonds. The molecule has 2 aromatic heterocycles. The Labute approximate surface area is 135 Å². The minimum absolute atomic E-state index is 0.0548. The van der Waals surface area contributed by atoms with E-state index < -0.39 is 6.61 Å². The lowest BCUT2D eigenvalue weighted by molar-refractivity contribution is -0.0498. The first-order valence-electron chi connectivity index (χ1n) is 7.07. The van der Waals surface area contributed by atoms with Crippen LogP contribution in [0, 0.1) is 6.92 Å². The van der Waals surface area contributed by atoms with Gasteiger partial charge < -0.3 is 9.26 Å². The number of hydrogen-bond donors (Lipinski definition) is 0. The van der Waals surface area contributed by atoms with Crippen molar-refractivity contribution in [2.45, 2.75) is 20.1 Å². The maximum Gasteiger partial charge on any atom is 0.387 e. The summed E-state index contributed by atoms with van der Waals surface area (Å²) < 4.78 is 35.0. The van der Waals surface area contributed by atoms with Gasteiger partial charge in [0.05, 0.1) is 11.4 Å². The number of aryl methyl sites for hydroxylation is 1. The molecule has 124 valence electrons. The monoisotopic (exact) mass is 333 g/mol. The zero-order valence-corrected chi connectivity index (χ0v) is 12.6. The lowest BCUT2D eigenvalue weighted by Crippen LogP contribution is -2.22. The first-order valence-corrected chi connectivity index (χ1v) is 7.07. The molecule has 0 saturated carbocycles. The van der Waals surface area contributed by atoms with Gasteiger partial charge in [0, 0.05) is 17.7 Å². The molecule has 3 aromatic rings. The Hall–Kier alpha value is -3.03. The van der Waals surface area contributed by atoms with E-state index in [0.717, 1.165) is 0 Å². The molecule has 1 aromatic carbocycles. The maximum absolute atomic E-state index is 12.2. The van der Waals surface area contributed by atoms with Gasteiger partial charge in [0.2, 0.25) is 0 Å². The molecule has 0 spiro atoms. The first kappa shape index (κ1) is 15.9. The lowest BCUT2D eigenvalue weighted by atomic mass is 10.1. The minimum Gasteiger partial charge on any atom is -0.435 e. The van der Waals surface area contributed by atoms with Crippen LogP contribution in [0.5, 0.6) is 5.75 Å². The minimum atomic E-state index is -2.87. The maximum atomic E-state index is 12.2. The molecule has 8 heteroatoms. The predicted octanol–water partition coefficient (Wildman–Crippen LogP) is 2.86. The summed E-state index contributed by atoms with van der Waals surface area (Å²) in [6.07, 6.45) is 0. The second-order valence-electron chi connectivity index (χ2n) is 5.05. The van der Waals surface area contributed by atoms with Gasteiger partial charge in [0.15, 0.2) is 5.76 Å². The van der Waals surface area contributed by atoms with Gasteiger partial charge in [-0.05, 0) is 37.3 Å². The van der Waals surface area contributed by atoms with Crippen LogP contribution < -0.4 is 10.3 Å². The molecular weight excluding hydrogens is 320 g/mol. The van der Waals surface area contributed by atoms with Crippen LogP contribution in [-0.4, -0.2) is 21.5 Å². The van der Waals surface area contributed by atoms with Crippen LogP contribution >= 0.6 is 0 Å². The molecule has 0 N–H and O–H groups in total. The zero-order chi connectivity index (χ0) is 17.1.